The number of phenols is 1. The number of aliphatic hydroxyl groups excluding tert-OH is 3. The summed E-state index contributed by atoms with van der Waals surface area (Å²) in [6, 6.07) is 2.21. The number of ketones is 2. The van der Waals surface area contributed by atoms with Crippen molar-refractivity contribution >= 4 is 23.2 Å². The topological polar surface area (TPSA) is 185 Å². The predicted octanol–water partition coefficient (Wildman–Crippen LogP) is 1.65. The molecule has 234 valence electrons. The maximum absolute atomic E-state index is 14.2. The molecule has 0 radical (unpaired) electrons. The number of Topliss-reactive ketones (excluding diaryl/α,β-unsaturated/α-hetero) is 2. The second-order valence-corrected chi connectivity index (χ2v) is 13.5. The minimum Gasteiger partial charge on any atom is -0.508 e. The zero-order valence-corrected chi connectivity index (χ0v) is 25.4. The highest BCUT2D eigenvalue weighted by molar-refractivity contribution is 6.24. The monoisotopic (exact) mass is 597 g/mol. The lowest BCUT2D eigenvalue weighted by atomic mass is 9.54. The van der Waals surface area contributed by atoms with Crippen LogP contribution < -0.4 is 5.73 Å². The average molecular weight is 598 g/mol. The van der Waals surface area contributed by atoms with Crippen LogP contribution in [0.4, 0.5) is 0 Å². The van der Waals surface area contributed by atoms with Crippen molar-refractivity contribution in [2.24, 2.45) is 17.6 Å². The summed E-state index contributed by atoms with van der Waals surface area (Å²) in [5.41, 5.74) is 1.78. The first-order valence-corrected chi connectivity index (χ1v) is 15.0. The average Bonchev–Trinajstić information content (AvgIpc) is 3.43. The number of amides is 1. The zero-order chi connectivity index (χ0) is 31.8. The Labute approximate surface area is 251 Å². The summed E-state index contributed by atoms with van der Waals surface area (Å²) in [6.07, 6.45) is 2.47. The van der Waals surface area contributed by atoms with E-state index in [4.69, 9.17) is 5.73 Å². The summed E-state index contributed by atoms with van der Waals surface area (Å²) >= 11 is 0. The van der Waals surface area contributed by atoms with Crippen LogP contribution in [0, 0.1) is 11.8 Å². The molecular weight excluding hydrogens is 554 g/mol. The van der Waals surface area contributed by atoms with E-state index in [1.165, 1.54) is 31.8 Å². The Kier molecular flexibility index (Phi) is 7.78. The number of carbonyl (C=O) groups excluding carboxylic acids is 3. The van der Waals surface area contributed by atoms with Gasteiger partial charge in [0.25, 0.3) is 5.91 Å². The molecule has 1 aliphatic heterocycles. The van der Waals surface area contributed by atoms with Gasteiger partial charge >= 0.3 is 0 Å². The fraction of sp³-hybridized carbons (Fsp3) is 0.594. The van der Waals surface area contributed by atoms with Gasteiger partial charge in [-0.1, -0.05) is 32.9 Å². The highest BCUT2D eigenvalue weighted by Gasteiger charge is 2.68. The molecule has 1 heterocycles. The number of carbonyl (C=O) groups is 3. The molecular formula is C32H43N3O8. The molecule has 0 spiro atoms. The van der Waals surface area contributed by atoms with E-state index in [0.717, 1.165) is 32.5 Å². The minimum absolute atomic E-state index is 0.0288. The summed E-state index contributed by atoms with van der Waals surface area (Å²) < 4.78 is 0. The number of primary amides is 1. The maximum Gasteiger partial charge on any atom is 0.255 e. The predicted molar refractivity (Wildman–Crippen MR) is 158 cm³/mol. The third-order valence-corrected chi connectivity index (χ3v) is 10.3. The number of hydrogen-bond acceptors (Lipinski definition) is 10. The first kappa shape index (κ1) is 31.2. The number of aliphatic hydroxyl groups is 4. The highest BCUT2D eigenvalue weighted by atomic mass is 16.4. The minimum atomic E-state index is -2.92. The van der Waals surface area contributed by atoms with Crippen molar-refractivity contribution in [1.82, 2.24) is 9.80 Å². The van der Waals surface area contributed by atoms with Crippen LogP contribution in [0.25, 0.3) is 5.76 Å². The van der Waals surface area contributed by atoms with Crippen LogP contribution in [-0.2, 0) is 19.8 Å². The number of benzene rings is 1. The number of aromatic hydroxyl groups is 1. The van der Waals surface area contributed by atoms with Gasteiger partial charge in [-0.2, -0.15) is 0 Å². The highest BCUT2D eigenvalue weighted by Crippen LogP contribution is 2.57. The molecule has 1 amide bonds. The van der Waals surface area contributed by atoms with Gasteiger partial charge in [0.1, 0.15) is 22.8 Å². The normalized spacial score (nSPS) is 31.4. The fourth-order valence-electron chi connectivity index (χ4n) is 8.05. The van der Waals surface area contributed by atoms with Crippen LogP contribution in [0.2, 0.25) is 0 Å². The molecule has 0 unspecified atom stereocenters. The van der Waals surface area contributed by atoms with Crippen LogP contribution in [-0.4, -0.2) is 104 Å². The SMILES string of the molecule is C[C@@H]1c2ccc(C(C)(C)CCCN3CCCC3)c(O)c2C(O)=C2C(=O)[C@@]3(O)C(O)=C(C(N)=O)C(=O)[C@H](N(C)C)[C@H]3[C@@H](O)[C@H]21. The van der Waals surface area contributed by atoms with Gasteiger partial charge in [-0.3, -0.25) is 19.3 Å². The Hall–Kier alpha value is -3.25. The van der Waals surface area contributed by atoms with Crippen LogP contribution in [0.15, 0.2) is 29.0 Å². The third-order valence-electron chi connectivity index (χ3n) is 10.3. The van der Waals surface area contributed by atoms with Crippen LogP contribution >= 0.6 is 0 Å². The van der Waals surface area contributed by atoms with Gasteiger partial charge in [-0.15, -0.1) is 0 Å². The molecule has 6 atom stereocenters. The molecule has 0 aromatic heterocycles. The van der Waals surface area contributed by atoms with Gasteiger partial charge in [0, 0.05) is 17.1 Å². The molecule has 1 aromatic rings. The lowest BCUT2D eigenvalue weighted by Gasteiger charge is -2.53. The second-order valence-electron chi connectivity index (χ2n) is 13.5. The molecule has 7 N–H and O–H groups in total. The summed E-state index contributed by atoms with van der Waals surface area (Å²) in [5.74, 6) is -8.76. The van der Waals surface area contributed by atoms with E-state index < -0.39 is 75.5 Å². The van der Waals surface area contributed by atoms with Crippen molar-refractivity contribution in [1.29, 1.82) is 0 Å². The van der Waals surface area contributed by atoms with Crippen molar-refractivity contribution < 1.29 is 39.9 Å². The van der Waals surface area contributed by atoms with E-state index in [2.05, 4.69) is 4.90 Å². The number of hydrogen-bond donors (Lipinski definition) is 6. The Morgan fingerprint density at radius 2 is 1.77 bits per heavy atom. The second kappa shape index (κ2) is 10.7. The molecule has 2 fully saturated rings. The molecule has 0 bridgehead atoms. The van der Waals surface area contributed by atoms with Crippen molar-refractivity contribution in [2.45, 2.75) is 75.5 Å². The molecule has 3 aliphatic carbocycles. The molecule has 1 saturated carbocycles. The Balaban J connectivity index is 1.62. The number of likely N-dealkylation sites (N-methyl/N-ethyl adjacent to an activating group) is 1. The van der Waals surface area contributed by atoms with E-state index in [0.29, 0.717) is 11.1 Å². The number of nitrogens with two attached hydrogens (primary N) is 1. The van der Waals surface area contributed by atoms with Gasteiger partial charge in [-0.25, -0.2) is 0 Å². The van der Waals surface area contributed by atoms with Gasteiger partial charge < -0.3 is 36.2 Å². The Morgan fingerprint density at radius 1 is 1.14 bits per heavy atom. The summed E-state index contributed by atoms with van der Waals surface area (Å²) in [7, 11) is 2.96. The maximum atomic E-state index is 14.2. The fourth-order valence-corrected chi connectivity index (χ4v) is 8.05. The van der Waals surface area contributed by atoms with Gasteiger partial charge in [0.15, 0.2) is 11.4 Å². The van der Waals surface area contributed by atoms with Crippen molar-refractivity contribution in [3.8, 4) is 5.75 Å². The number of likely N-dealkylation sites (tertiary alicyclic amines) is 1. The molecule has 43 heavy (non-hydrogen) atoms. The lowest BCUT2D eigenvalue weighted by Crippen LogP contribution is -2.70. The van der Waals surface area contributed by atoms with E-state index in [1.807, 2.05) is 19.9 Å². The first-order valence-electron chi connectivity index (χ1n) is 15.0. The first-order chi connectivity index (χ1) is 20.1. The standard InChI is InChI=1S/C32H43N3O8/c1-15-16-9-10-17(31(2,3)11-8-14-35-12-6-7-13-35)24(36)19(16)25(37)20-18(15)26(38)22-23(34(4)5)27(39)21(30(33)42)29(41)32(22,43)28(20)40/h9-10,15,18,22-23,26,36-38,41,43H,6-8,11-14H2,1-5H3,(H2,33,42)/t15-,18+,22+,23-,26+,32-/m1/s1. The number of phenolic OH excluding ortho intramolecular Hbond substituents is 1. The van der Waals surface area contributed by atoms with Gasteiger partial charge in [0.2, 0.25) is 5.78 Å². The third kappa shape index (κ3) is 4.51. The van der Waals surface area contributed by atoms with E-state index >= 15 is 0 Å². The van der Waals surface area contributed by atoms with Crippen molar-refractivity contribution in [3.05, 3.63) is 45.7 Å². The van der Waals surface area contributed by atoms with Gasteiger partial charge in [0.05, 0.1) is 23.6 Å². The van der Waals surface area contributed by atoms with Crippen LogP contribution in [0.1, 0.15) is 69.1 Å². The molecule has 5 rings (SSSR count). The van der Waals surface area contributed by atoms with Crippen LogP contribution in [0.3, 0.4) is 0 Å². The molecule has 4 aliphatic rings. The molecule has 1 saturated heterocycles. The van der Waals surface area contributed by atoms with E-state index in [-0.39, 0.29) is 16.9 Å². The van der Waals surface area contributed by atoms with Crippen molar-refractivity contribution in [2.75, 3.05) is 33.7 Å². The van der Waals surface area contributed by atoms with E-state index in [1.54, 1.807) is 13.0 Å². The molecule has 11 nitrogen and oxygen atoms in total. The van der Waals surface area contributed by atoms with Gasteiger partial charge in [-0.05, 0) is 76.3 Å². The summed E-state index contributed by atoms with van der Waals surface area (Å²) in [4.78, 5) is 43.5. The van der Waals surface area contributed by atoms with Crippen molar-refractivity contribution in [3.63, 3.8) is 0 Å². The smallest absolute Gasteiger partial charge is 0.255 e. The number of rotatable bonds is 7. The number of fused-ring (bicyclic) bond motifs is 3. The Morgan fingerprint density at radius 3 is 2.35 bits per heavy atom. The number of nitrogens with zero attached hydrogens (tertiary/aromatic N) is 2. The Bertz CT molecular complexity index is 1440. The largest absolute Gasteiger partial charge is 0.508 e. The van der Waals surface area contributed by atoms with Crippen LogP contribution in [0.5, 0.6) is 5.75 Å². The molecule has 11 heteroatoms. The lowest BCUT2D eigenvalue weighted by molar-refractivity contribution is -0.169. The summed E-state index contributed by atoms with van der Waals surface area (Å²) in [5, 5.41) is 58.0. The molecule has 1 aromatic carbocycles. The van der Waals surface area contributed by atoms with E-state index in [9.17, 15) is 39.9 Å². The quantitative estimate of drug-likeness (QED) is 0.253. The summed E-state index contributed by atoms with van der Waals surface area (Å²) in [6.45, 7) is 8.89. The zero-order valence-electron chi connectivity index (χ0n) is 25.4.